The molecule has 0 unspecified atom stereocenters. The number of amides is 2. The van der Waals surface area contributed by atoms with E-state index < -0.39 is 0 Å². The molecule has 2 amide bonds. The Balaban J connectivity index is 1.71. The number of carbonyl (C=O) groups excluding carboxylic acids is 2. The molecule has 0 saturated heterocycles. The molecule has 0 saturated carbocycles. The molecule has 0 fully saturated rings. The van der Waals surface area contributed by atoms with Crippen LogP contribution in [0.25, 0.3) is 5.57 Å². The Hall–Kier alpha value is -3.57. The Morgan fingerprint density at radius 2 is 1.66 bits per heavy atom. The van der Waals surface area contributed by atoms with Crippen molar-refractivity contribution >= 4 is 40.4 Å². The van der Waals surface area contributed by atoms with Crippen LogP contribution in [0.5, 0.6) is 5.75 Å². The number of aryl methyl sites for hydroxylation is 1. The van der Waals surface area contributed by atoms with Crippen LogP contribution in [0.3, 0.4) is 0 Å². The SMILES string of the molecule is COc1ccc(Cl)cc1N1C(=O)C(c2ccc(C)cc2)=C(N2CCc3ccccc32)C1=O. The van der Waals surface area contributed by atoms with Crippen LogP contribution in [-0.4, -0.2) is 25.5 Å². The first-order valence-electron chi connectivity index (χ1n) is 10.4. The molecule has 0 N–H and O–H groups in total. The molecule has 0 spiro atoms. The minimum Gasteiger partial charge on any atom is -0.495 e. The number of nitrogens with zero attached hydrogens (tertiary/aromatic N) is 2. The van der Waals surface area contributed by atoms with Crippen molar-refractivity contribution in [3.8, 4) is 5.75 Å². The molecule has 0 bridgehead atoms. The molecule has 0 radical (unpaired) electrons. The first kappa shape index (κ1) is 20.3. The molecule has 3 aromatic rings. The number of benzene rings is 3. The van der Waals surface area contributed by atoms with Gasteiger partial charge >= 0.3 is 0 Å². The van der Waals surface area contributed by atoms with Gasteiger partial charge < -0.3 is 9.64 Å². The third-order valence-corrected chi connectivity index (χ3v) is 6.17. The van der Waals surface area contributed by atoms with Gasteiger partial charge in [-0.15, -0.1) is 0 Å². The number of methoxy groups -OCH3 is 1. The summed E-state index contributed by atoms with van der Waals surface area (Å²) < 4.78 is 5.45. The van der Waals surface area contributed by atoms with Gasteiger partial charge in [0.2, 0.25) is 0 Å². The van der Waals surface area contributed by atoms with E-state index in [9.17, 15) is 9.59 Å². The minimum absolute atomic E-state index is 0.335. The summed E-state index contributed by atoms with van der Waals surface area (Å²) in [5.74, 6) is -0.371. The van der Waals surface area contributed by atoms with Crippen molar-refractivity contribution < 1.29 is 14.3 Å². The second-order valence-corrected chi connectivity index (χ2v) is 8.32. The Kier molecular flexibility index (Phi) is 4.98. The van der Waals surface area contributed by atoms with Crippen molar-refractivity contribution in [1.29, 1.82) is 0 Å². The van der Waals surface area contributed by atoms with Crippen LogP contribution in [-0.2, 0) is 16.0 Å². The summed E-state index contributed by atoms with van der Waals surface area (Å²) in [6.07, 6.45) is 0.808. The summed E-state index contributed by atoms with van der Waals surface area (Å²) in [6, 6.07) is 20.6. The number of rotatable bonds is 4. The van der Waals surface area contributed by atoms with E-state index >= 15 is 0 Å². The Labute approximate surface area is 191 Å². The zero-order chi connectivity index (χ0) is 22.4. The third-order valence-electron chi connectivity index (χ3n) is 5.94. The molecule has 5 nitrogen and oxygen atoms in total. The van der Waals surface area contributed by atoms with Gasteiger partial charge in [-0.2, -0.15) is 0 Å². The number of hydrogen-bond acceptors (Lipinski definition) is 4. The Morgan fingerprint density at radius 1 is 0.906 bits per heavy atom. The summed E-state index contributed by atoms with van der Waals surface area (Å²) in [6.45, 7) is 2.62. The van der Waals surface area contributed by atoms with Crippen LogP contribution in [0, 0.1) is 6.92 Å². The summed E-state index contributed by atoms with van der Waals surface area (Å²) >= 11 is 6.22. The van der Waals surface area contributed by atoms with E-state index in [1.165, 1.54) is 12.0 Å². The molecule has 0 atom stereocenters. The number of anilines is 2. The summed E-state index contributed by atoms with van der Waals surface area (Å²) in [5.41, 5.74) is 4.99. The van der Waals surface area contributed by atoms with Crippen LogP contribution in [0.4, 0.5) is 11.4 Å². The Bertz CT molecular complexity index is 1280. The van der Waals surface area contributed by atoms with E-state index in [0.29, 0.717) is 39.8 Å². The standard InChI is InChI=1S/C26H21ClN2O3/c1-16-7-9-18(10-8-16)23-24(28-14-13-17-5-3-4-6-20(17)28)26(31)29(25(23)30)21-15-19(27)11-12-22(21)32-2/h3-12,15H,13-14H2,1-2H3. The van der Waals surface area contributed by atoms with Gasteiger partial charge in [0.15, 0.2) is 0 Å². The molecule has 2 aliphatic heterocycles. The quantitative estimate of drug-likeness (QED) is 0.531. The van der Waals surface area contributed by atoms with Gasteiger partial charge in [-0.25, -0.2) is 4.90 Å². The van der Waals surface area contributed by atoms with E-state index in [4.69, 9.17) is 16.3 Å². The number of ether oxygens (including phenoxy) is 1. The van der Waals surface area contributed by atoms with Gasteiger partial charge in [-0.3, -0.25) is 9.59 Å². The number of halogens is 1. The lowest BCUT2D eigenvalue weighted by Gasteiger charge is -2.22. The fourth-order valence-corrected chi connectivity index (χ4v) is 4.54. The molecule has 0 aliphatic carbocycles. The summed E-state index contributed by atoms with van der Waals surface area (Å²) in [5, 5.41) is 0.415. The van der Waals surface area contributed by atoms with Crippen LogP contribution >= 0.6 is 11.6 Å². The maximum absolute atomic E-state index is 13.9. The largest absolute Gasteiger partial charge is 0.495 e. The predicted molar refractivity (Wildman–Crippen MR) is 126 cm³/mol. The zero-order valence-electron chi connectivity index (χ0n) is 17.8. The lowest BCUT2D eigenvalue weighted by molar-refractivity contribution is -0.120. The number of para-hydroxylation sites is 1. The van der Waals surface area contributed by atoms with Gasteiger partial charge in [0.05, 0.1) is 18.4 Å². The second kappa shape index (κ2) is 7.84. The second-order valence-electron chi connectivity index (χ2n) is 7.88. The van der Waals surface area contributed by atoms with Crippen LogP contribution in [0.15, 0.2) is 72.4 Å². The maximum Gasteiger partial charge on any atom is 0.282 e. The number of imide groups is 1. The Morgan fingerprint density at radius 3 is 2.41 bits per heavy atom. The van der Waals surface area contributed by atoms with Gasteiger partial charge in [0.1, 0.15) is 11.4 Å². The molecular weight excluding hydrogens is 424 g/mol. The molecule has 3 aromatic carbocycles. The molecule has 5 rings (SSSR count). The van der Waals surface area contributed by atoms with E-state index in [-0.39, 0.29) is 11.8 Å². The normalized spacial score (nSPS) is 15.6. The average molecular weight is 445 g/mol. The van der Waals surface area contributed by atoms with E-state index in [2.05, 4.69) is 6.07 Å². The minimum atomic E-state index is -0.390. The van der Waals surface area contributed by atoms with Crippen LogP contribution in [0.2, 0.25) is 5.02 Å². The van der Waals surface area contributed by atoms with Gasteiger partial charge in [0, 0.05) is 17.3 Å². The fraction of sp³-hybridized carbons (Fsp3) is 0.154. The lowest BCUT2D eigenvalue weighted by Crippen LogP contribution is -2.35. The van der Waals surface area contributed by atoms with Gasteiger partial charge in [-0.1, -0.05) is 59.6 Å². The highest BCUT2D eigenvalue weighted by atomic mass is 35.5. The zero-order valence-corrected chi connectivity index (χ0v) is 18.5. The number of hydrogen-bond donors (Lipinski definition) is 0. The highest BCUT2D eigenvalue weighted by molar-refractivity contribution is 6.47. The van der Waals surface area contributed by atoms with Gasteiger partial charge in [0.25, 0.3) is 11.8 Å². The molecule has 32 heavy (non-hydrogen) atoms. The third kappa shape index (κ3) is 3.17. The first-order valence-corrected chi connectivity index (χ1v) is 10.8. The van der Waals surface area contributed by atoms with E-state index in [1.54, 1.807) is 18.2 Å². The smallest absolute Gasteiger partial charge is 0.282 e. The topological polar surface area (TPSA) is 49.9 Å². The van der Waals surface area contributed by atoms with Crippen molar-refractivity contribution in [2.24, 2.45) is 0 Å². The molecule has 0 aromatic heterocycles. The van der Waals surface area contributed by atoms with Crippen LogP contribution in [0.1, 0.15) is 16.7 Å². The van der Waals surface area contributed by atoms with Crippen molar-refractivity contribution in [2.75, 3.05) is 23.5 Å². The molecule has 2 aliphatic rings. The van der Waals surface area contributed by atoms with Crippen molar-refractivity contribution in [2.45, 2.75) is 13.3 Å². The maximum atomic E-state index is 13.9. The van der Waals surface area contributed by atoms with E-state index in [1.807, 2.05) is 54.3 Å². The highest BCUT2D eigenvalue weighted by Gasteiger charge is 2.45. The lowest BCUT2D eigenvalue weighted by atomic mass is 10.0. The van der Waals surface area contributed by atoms with Crippen molar-refractivity contribution in [3.05, 3.63) is 94.1 Å². The van der Waals surface area contributed by atoms with E-state index in [0.717, 1.165) is 23.2 Å². The fourth-order valence-electron chi connectivity index (χ4n) is 4.38. The average Bonchev–Trinajstić information content (AvgIpc) is 3.32. The molecular formula is C26H21ClN2O3. The highest BCUT2D eigenvalue weighted by Crippen LogP contribution is 2.42. The monoisotopic (exact) mass is 444 g/mol. The summed E-state index contributed by atoms with van der Waals surface area (Å²) in [4.78, 5) is 30.8. The number of carbonyl (C=O) groups is 2. The van der Waals surface area contributed by atoms with Crippen molar-refractivity contribution in [1.82, 2.24) is 0 Å². The molecule has 6 heteroatoms. The summed E-state index contributed by atoms with van der Waals surface area (Å²) in [7, 11) is 1.50. The number of fused-ring (bicyclic) bond motifs is 1. The molecule has 2 heterocycles. The van der Waals surface area contributed by atoms with Crippen molar-refractivity contribution in [3.63, 3.8) is 0 Å². The van der Waals surface area contributed by atoms with Crippen LogP contribution < -0.4 is 14.5 Å². The molecule has 160 valence electrons. The predicted octanol–water partition coefficient (Wildman–Crippen LogP) is 5.00. The first-order chi connectivity index (χ1) is 15.5. The van der Waals surface area contributed by atoms with Gasteiger partial charge in [-0.05, 0) is 48.7 Å².